The Balaban J connectivity index is 1.75. The number of hydrogen-bond donors (Lipinski definition) is 3. The van der Waals surface area contributed by atoms with E-state index in [9.17, 15) is 4.79 Å². The van der Waals surface area contributed by atoms with E-state index in [-0.39, 0.29) is 12.5 Å². The van der Waals surface area contributed by atoms with Crippen molar-refractivity contribution in [1.29, 1.82) is 0 Å². The van der Waals surface area contributed by atoms with Crippen LogP contribution in [0.1, 0.15) is 5.56 Å². The Morgan fingerprint density at radius 2 is 2.39 bits per heavy atom. The average Bonchev–Trinajstić information content (AvgIpc) is 2.87. The van der Waals surface area contributed by atoms with Crippen LogP contribution in [0.4, 0.5) is 5.69 Å². The number of nitrogens with two attached hydrogens (primary N) is 1. The van der Waals surface area contributed by atoms with Crippen molar-refractivity contribution < 1.29 is 9.53 Å². The number of ether oxygens (including phenoxy) is 1. The summed E-state index contributed by atoms with van der Waals surface area (Å²) in [6, 6.07) is 6.95. The number of carbonyl (C=O) groups excluding carboxylic acids is 1. The molecular formula is C12H14N4O2. The number of amides is 1. The van der Waals surface area contributed by atoms with E-state index < -0.39 is 0 Å². The molecule has 0 radical (unpaired) electrons. The third-order valence-electron chi connectivity index (χ3n) is 2.27. The Labute approximate surface area is 104 Å². The fourth-order valence-corrected chi connectivity index (χ4v) is 1.38. The summed E-state index contributed by atoms with van der Waals surface area (Å²) in [5, 5.41) is 9.17. The van der Waals surface area contributed by atoms with Crippen molar-refractivity contribution in [2.24, 2.45) is 0 Å². The van der Waals surface area contributed by atoms with E-state index in [0.29, 0.717) is 18.0 Å². The van der Waals surface area contributed by atoms with Crippen LogP contribution in [0.2, 0.25) is 0 Å². The van der Waals surface area contributed by atoms with E-state index in [1.165, 1.54) is 0 Å². The molecule has 6 heteroatoms. The number of nitrogen functional groups attached to an aromatic ring is 1. The van der Waals surface area contributed by atoms with Gasteiger partial charge in [-0.25, -0.2) is 0 Å². The van der Waals surface area contributed by atoms with Gasteiger partial charge in [-0.3, -0.25) is 9.89 Å². The van der Waals surface area contributed by atoms with Crippen molar-refractivity contribution in [2.45, 2.75) is 6.54 Å². The zero-order valence-corrected chi connectivity index (χ0v) is 9.72. The normalized spacial score (nSPS) is 10.0. The fraction of sp³-hybridized carbons (Fsp3) is 0.167. The molecule has 0 unspecified atom stereocenters. The van der Waals surface area contributed by atoms with Crippen molar-refractivity contribution in [3.8, 4) is 5.75 Å². The van der Waals surface area contributed by atoms with E-state index in [1.54, 1.807) is 36.7 Å². The Bertz CT molecular complexity index is 511. The number of hydrogen-bond acceptors (Lipinski definition) is 4. The summed E-state index contributed by atoms with van der Waals surface area (Å²) in [6.45, 7) is 0.386. The van der Waals surface area contributed by atoms with Crippen LogP contribution in [-0.4, -0.2) is 22.7 Å². The highest BCUT2D eigenvalue weighted by molar-refractivity contribution is 5.77. The van der Waals surface area contributed by atoms with Gasteiger partial charge in [0, 0.05) is 30.1 Å². The zero-order valence-electron chi connectivity index (χ0n) is 9.72. The Morgan fingerprint density at radius 1 is 1.50 bits per heavy atom. The van der Waals surface area contributed by atoms with E-state index in [1.807, 2.05) is 0 Å². The molecule has 94 valence electrons. The lowest BCUT2D eigenvalue weighted by Gasteiger charge is -2.07. The lowest BCUT2D eigenvalue weighted by Crippen LogP contribution is -2.28. The number of benzene rings is 1. The minimum Gasteiger partial charge on any atom is -0.484 e. The molecule has 0 atom stereocenters. The highest BCUT2D eigenvalue weighted by Gasteiger charge is 2.03. The third-order valence-corrected chi connectivity index (χ3v) is 2.27. The summed E-state index contributed by atoms with van der Waals surface area (Å²) in [7, 11) is 0. The maximum absolute atomic E-state index is 11.5. The standard InChI is InChI=1S/C12H14N4O2/c13-10-2-1-3-11(4-10)18-8-12(17)14-5-9-6-15-16-7-9/h1-4,6-7H,5,8,13H2,(H,14,17)(H,15,16). The van der Waals surface area contributed by atoms with Crippen LogP contribution >= 0.6 is 0 Å². The smallest absolute Gasteiger partial charge is 0.258 e. The van der Waals surface area contributed by atoms with E-state index in [4.69, 9.17) is 10.5 Å². The Morgan fingerprint density at radius 3 is 3.11 bits per heavy atom. The number of nitrogens with zero attached hydrogens (tertiary/aromatic N) is 1. The van der Waals surface area contributed by atoms with E-state index in [2.05, 4.69) is 15.5 Å². The topological polar surface area (TPSA) is 93.0 Å². The van der Waals surface area contributed by atoms with Gasteiger partial charge in [0.1, 0.15) is 5.75 Å². The highest BCUT2D eigenvalue weighted by Crippen LogP contribution is 2.13. The number of aromatic nitrogens is 2. The first-order chi connectivity index (χ1) is 8.74. The SMILES string of the molecule is Nc1cccc(OCC(=O)NCc2cn[nH]c2)c1. The lowest BCUT2D eigenvalue weighted by atomic mass is 10.3. The summed E-state index contributed by atoms with van der Waals surface area (Å²) >= 11 is 0. The molecule has 2 rings (SSSR count). The fourth-order valence-electron chi connectivity index (χ4n) is 1.38. The van der Waals surface area contributed by atoms with Gasteiger partial charge < -0.3 is 15.8 Å². The predicted octanol–water partition coefficient (Wildman–Crippen LogP) is 0.687. The van der Waals surface area contributed by atoms with Crippen LogP contribution in [0.5, 0.6) is 5.75 Å². The van der Waals surface area contributed by atoms with Crippen molar-refractivity contribution in [3.63, 3.8) is 0 Å². The van der Waals surface area contributed by atoms with Crippen molar-refractivity contribution >= 4 is 11.6 Å². The second kappa shape index (κ2) is 5.72. The molecule has 0 saturated carbocycles. The summed E-state index contributed by atoms with van der Waals surface area (Å²) in [4.78, 5) is 11.5. The first kappa shape index (κ1) is 12.0. The van der Waals surface area contributed by atoms with Gasteiger partial charge in [0.05, 0.1) is 6.20 Å². The molecule has 0 aliphatic carbocycles. The van der Waals surface area contributed by atoms with Crippen LogP contribution in [0, 0.1) is 0 Å². The lowest BCUT2D eigenvalue weighted by molar-refractivity contribution is -0.123. The number of rotatable bonds is 5. The zero-order chi connectivity index (χ0) is 12.8. The average molecular weight is 246 g/mol. The number of nitrogens with one attached hydrogen (secondary N) is 2. The minimum absolute atomic E-state index is 0.0404. The predicted molar refractivity (Wildman–Crippen MR) is 66.8 cm³/mol. The van der Waals surface area contributed by atoms with Gasteiger partial charge >= 0.3 is 0 Å². The van der Waals surface area contributed by atoms with Gasteiger partial charge in [-0.2, -0.15) is 5.10 Å². The van der Waals surface area contributed by atoms with Crippen molar-refractivity contribution in [3.05, 3.63) is 42.2 Å². The molecule has 0 aliphatic heterocycles. The van der Waals surface area contributed by atoms with Crippen LogP contribution < -0.4 is 15.8 Å². The van der Waals surface area contributed by atoms with Gasteiger partial charge in [-0.1, -0.05) is 6.07 Å². The van der Waals surface area contributed by atoms with Crippen LogP contribution in [0.3, 0.4) is 0 Å². The second-order valence-corrected chi connectivity index (χ2v) is 3.74. The molecule has 1 aromatic heterocycles. The minimum atomic E-state index is -0.196. The van der Waals surface area contributed by atoms with Gasteiger partial charge in [-0.05, 0) is 12.1 Å². The summed E-state index contributed by atoms with van der Waals surface area (Å²) in [5.74, 6) is 0.382. The molecule has 1 amide bonds. The molecule has 1 heterocycles. The van der Waals surface area contributed by atoms with Crippen molar-refractivity contribution in [1.82, 2.24) is 15.5 Å². The molecule has 4 N–H and O–H groups in total. The second-order valence-electron chi connectivity index (χ2n) is 3.74. The monoisotopic (exact) mass is 246 g/mol. The van der Waals surface area contributed by atoms with Gasteiger partial charge in [-0.15, -0.1) is 0 Å². The number of anilines is 1. The maximum atomic E-state index is 11.5. The molecule has 0 spiro atoms. The number of H-pyrrole nitrogens is 1. The summed E-state index contributed by atoms with van der Waals surface area (Å²) in [5.41, 5.74) is 7.11. The van der Waals surface area contributed by atoms with Crippen molar-refractivity contribution in [2.75, 3.05) is 12.3 Å². The largest absolute Gasteiger partial charge is 0.484 e. The van der Waals surface area contributed by atoms with Crippen LogP contribution in [0.15, 0.2) is 36.7 Å². The van der Waals surface area contributed by atoms with Crippen LogP contribution in [-0.2, 0) is 11.3 Å². The molecule has 0 aliphatic rings. The van der Waals surface area contributed by atoms with Gasteiger partial charge in [0.15, 0.2) is 6.61 Å². The summed E-state index contributed by atoms with van der Waals surface area (Å²) < 4.78 is 5.30. The Kier molecular flexibility index (Phi) is 3.80. The number of aromatic amines is 1. The van der Waals surface area contributed by atoms with E-state index in [0.717, 1.165) is 5.56 Å². The molecule has 6 nitrogen and oxygen atoms in total. The maximum Gasteiger partial charge on any atom is 0.258 e. The molecular weight excluding hydrogens is 232 g/mol. The van der Waals surface area contributed by atoms with Gasteiger partial charge in [0.25, 0.3) is 5.91 Å². The number of carbonyl (C=O) groups is 1. The third kappa shape index (κ3) is 3.51. The molecule has 18 heavy (non-hydrogen) atoms. The molecule has 0 fully saturated rings. The van der Waals surface area contributed by atoms with E-state index >= 15 is 0 Å². The molecule has 2 aromatic rings. The Hall–Kier alpha value is -2.50. The molecule has 0 bridgehead atoms. The summed E-state index contributed by atoms with van der Waals surface area (Å²) in [6.07, 6.45) is 3.37. The van der Waals surface area contributed by atoms with Crippen LogP contribution in [0.25, 0.3) is 0 Å². The van der Waals surface area contributed by atoms with Gasteiger partial charge in [0.2, 0.25) is 0 Å². The molecule has 0 saturated heterocycles. The highest BCUT2D eigenvalue weighted by atomic mass is 16.5. The quantitative estimate of drug-likeness (QED) is 0.676. The first-order valence-corrected chi connectivity index (χ1v) is 5.47. The first-order valence-electron chi connectivity index (χ1n) is 5.47. The molecule has 1 aromatic carbocycles.